The molecular formula is C13H22N4O. The van der Waals surface area contributed by atoms with E-state index in [1.54, 1.807) is 17.0 Å². The molecule has 2 unspecified atom stereocenters. The van der Waals surface area contributed by atoms with E-state index in [4.69, 9.17) is 5.73 Å². The van der Waals surface area contributed by atoms with Crippen LogP contribution in [-0.4, -0.2) is 28.7 Å². The van der Waals surface area contributed by atoms with E-state index >= 15 is 0 Å². The lowest BCUT2D eigenvalue weighted by molar-refractivity contribution is 0.569. The van der Waals surface area contributed by atoms with E-state index in [-0.39, 0.29) is 11.6 Å². The van der Waals surface area contributed by atoms with Gasteiger partial charge in [0.05, 0.1) is 0 Å². The summed E-state index contributed by atoms with van der Waals surface area (Å²) in [7, 11) is 0. The highest BCUT2D eigenvalue weighted by molar-refractivity contribution is 5.39. The maximum absolute atomic E-state index is 12.4. The van der Waals surface area contributed by atoms with E-state index in [9.17, 15) is 4.79 Å². The van der Waals surface area contributed by atoms with Crippen molar-refractivity contribution in [3.63, 3.8) is 0 Å². The Kier molecular flexibility index (Phi) is 3.71. The highest BCUT2D eigenvalue weighted by atomic mass is 16.1. The first kappa shape index (κ1) is 13.1. The summed E-state index contributed by atoms with van der Waals surface area (Å²) in [4.78, 5) is 18.7. The minimum atomic E-state index is -0.00276. The normalized spacial score (nSPS) is 23.9. The Morgan fingerprint density at radius 1 is 1.56 bits per heavy atom. The molecule has 1 aromatic heterocycles. The minimum absolute atomic E-state index is 0.00276. The zero-order chi connectivity index (χ0) is 13.3. The van der Waals surface area contributed by atoms with E-state index in [2.05, 4.69) is 16.8 Å². The van der Waals surface area contributed by atoms with Gasteiger partial charge in [-0.15, -0.1) is 0 Å². The average molecular weight is 250 g/mol. The molecule has 1 fully saturated rings. The molecule has 1 aromatic rings. The van der Waals surface area contributed by atoms with Gasteiger partial charge in [-0.2, -0.15) is 0 Å². The molecule has 18 heavy (non-hydrogen) atoms. The molecule has 5 nitrogen and oxygen atoms in total. The number of aromatic nitrogens is 2. The molecular weight excluding hydrogens is 228 g/mol. The van der Waals surface area contributed by atoms with Crippen LogP contribution in [0.4, 0.5) is 5.82 Å². The first-order valence-electron chi connectivity index (χ1n) is 6.58. The van der Waals surface area contributed by atoms with E-state index in [0.29, 0.717) is 24.3 Å². The highest BCUT2D eigenvalue weighted by Gasteiger charge is 2.30. The summed E-state index contributed by atoms with van der Waals surface area (Å²) in [6, 6.07) is 0.490. The molecule has 0 aromatic carbocycles. The molecule has 1 aliphatic rings. The lowest BCUT2D eigenvalue weighted by Crippen LogP contribution is -2.36. The van der Waals surface area contributed by atoms with Crippen LogP contribution in [0.15, 0.2) is 17.2 Å². The second-order valence-corrected chi connectivity index (χ2v) is 5.40. The fourth-order valence-corrected chi connectivity index (χ4v) is 2.63. The number of anilines is 1. The first-order valence-corrected chi connectivity index (χ1v) is 6.58. The van der Waals surface area contributed by atoms with Crippen LogP contribution in [0.5, 0.6) is 0 Å². The van der Waals surface area contributed by atoms with Crippen LogP contribution < -0.4 is 16.2 Å². The number of nitrogens with zero attached hydrogens (tertiary/aromatic N) is 3. The molecule has 2 rings (SSSR count). The third kappa shape index (κ3) is 2.27. The van der Waals surface area contributed by atoms with Gasteiger partial charge in [-0.05, 0) is 39.7 Å². The van der Waals surface area contributed by atoms with Gasteiger partial charge in [0.25, 0.3) is 5.56 Å². The third-order valence-corrected chi connectivity index (χ3v) is 3.67. The molecule has 0 radical (unpaired) electrons. The molecule has 0 bridgehead atoms. The predicted octanol–water partition coefficient (Wildman–Crippen LogP) is 0.998. The summed E-state index contributed by atoms with van der Waals surface area (Å²) in [6.45, 7) is 7.64. The van der Waals surface area contributed by atoms with Crippen molar-refractivity contribution in [2.24, 2.45) is 11.7 Å². The Morgan fingerprint density at radius 3 is 2.83 bits per heavy atom. The summed E-state index contributed by atoms with van der Waals surface area (Å²) < 4.78 is 1.73. The Morgan fingerprint density at radius 2 is 2.28 bits per heavy atom. The molecule has 2 N–H and O–H groups in total. The van der Waals surface area contributed by atoms with Gasteiger partial charge in [-0.25, -0.2) is 4.98 Å². The van der Waals surface area contributed by atoms with Gasteiger partial charge in [0.15, 0.2) is 5.82 Å². The van der Waals surface area contributed by atoms with Gasteiger partial charge in [0.1, 0.15) is 0 Å². The Labute approximate surface area is 108 Å². The van der Waals surface area contributed by atoms with E-state index < -0.39 is 0 Å². The van der Waals surface area contributed by atoms with Crippen LogP contribution in [0.3, 0.4) is 0 Å². The van der Waals surface area contributed by atoms with E-state index in [0.717, 1.165) is 13.0 Å². The van der Waals surface area contributed by atoms with Crippen molar-refractivity contribution in [3.8, 4) is 0 Å². The van der Waals surface area contributed by atoms with E-state index in [1.807, 2.05) is 13.8 Å². The van der Waals surface area contributed by atoms with Crippen molar-refractivity contribution >= 4 is 5.82 Å². The Hall–Kier alpha value is -1.36. The second-order valence-electron chi connectivity index (χ2n) is 5.40. The number of hydrogen-bond acceptors (Lipinski definition) is 4. The molecule has 0 amide bonds. The number of nitrogens with two attached hydrogens (primary N) is 1. The van der Waals surface area contributed by atoms with Gasteiger partial charge in [0.2, 0.25) is 0 Å². The fraction of sp³-hybridized carbons (Fsp3) is 0.692. The second kappa shape index (κ2) is 5.10. The Bertz CT molecular complexity index is 468. The Balaban J connectivity index is 2.35. The van der Waals surface area contributed by atoms with Crippen molar-refractivity contribution < 1.29 is 0 Å². The standard InChI is InChI=1S/C13H22N4O/c1-9(2)16-5-4-15-12(13(16)18)17-8-11(7-14)6-10(17)3/h4-5,9-11H,6-8,14H2,1-3H3. The molecule has 5 heteroatoms. The van der Waals surface area contributed by atoms with Crippen LogP contribution in [0.1, 0.15) is 33.2 Å². The first-order chi connectivity index (χ1) is 8.54. The van der Waals surface area contributed by atoms with Crippen molar-refractivity contribution in [1.82, 2.24) is 9.55 Å². The van der Waals surface area contributed by atoms with Crippen molar-refractivity contribution in [2.75, 3.05) is 18.0 Å². The van der Waals surface area contributed by atoms with Gasteiger partial charge in [-0.1, -0.05) is 0 Å². The number of rotatable bonds is 3. The molecule has 2 atom stereocenters. The van der Waals surface area contributed by atoms with Crippen molar-refractivity contribution in [3.05, 3.63) is 22.7 Å². The van der Waals surface area contributed by atoms with Crippen LogP contribution in [0.2, 0.25) is 0 Å². The fourth-order valence-electron chi connectivity index (χ4n) is 2.63. The van der Waals surface area contributed by atoms with Crippen LogP contribution in [-0.2, 0) is 0 Å². The summed E-state index contributed by atoms with van der Waals surface area (Å²) in [6.07, 6.45) is 4.49. The molecule has 2 heterocycles. The van der Waals surface area contributed by atoms with Gasteiger partial charge in [0, 0.05) is 31.0 Å². The smallest absolute Gasteiger partial charge is 0.293 e. The maximum Gasteiger partial charge on any atom is 0.293 e. The SMILES string of the molecule is CC1CC(CN)CN1c1nccn(C(C)C)c1=O. The average Bonchev–Trinajstić information content (AvgIpc) is 2.70. The largest absolute Gasteiger partial charge is 0.349 e. The lowest BCUT2D eigenvalue weighted by atomic mass is 10.1. The molecule has 1 saturated heterocycles. The molecule has 0 saturated carbocycles. The topological polar surface area (TPSA) is 64.2 Å². The summed E-state index contributed by atoms with van der Waals surface area (Å²) >= 11 is 0. The number of hydrogen-bond donors (Lipinski definition) is 1. The summed E-state index contributed by atoms with van der Waals surface area (Å²) in [5.41, 5.74) is 5.72. The third-order valence-electron chi connectivity index (χ3n) is 3.67. The van der Waals surface area contributed by atoms with Crippen LogP contribution in [0, 0.1) is 5.92 Å². The molecule has 0 spiro atoms. The van der Waals surface area contributed by atoms with Crippen LogP contribution in [0.25, 0.3) is 0 Å². The van der Waals surface area contributed by atoms with Gasteiger partial charge < -0.3 is 15.2 Å². The monoisotopic (exact) mass is 250 g/mol. The zero-order valence-electron chi connectivity index (χ0n) is 11.3. The quantitative estimate of drug-likeness (QED) is 0.869. The minimum Gasteiger partial charge on any atom is -0.349 e. The summed E-state index contributed by atoms with van der Waals surface area (Å²) in [5, 5.41) is 0. The predicted molar refractivity (Wildman–Crippen MR) is 72.9 cm³/mol. The van der Waals surface area contributed by atoms with Gasteiger partial charge >= 0.3 is 0 Å². The van der Waals surface area contributed by atoms with Gasteiger partial charge in [-0.3, -0.25) is 4.79 Å². The summed E-state index contributed by atoms with van der Waals surface area (Å²) in [5.74, 6) is 1.03. The highest BCUT2D eigenvalue weighted by Crippen LogP contribution is 2.25. The lowest BCUT2D eigenvalue weighted by Gasteiger charge is -2.23. The van der Waals surface area contributed by atoms with Crippen molar-refractivity contribution in [2.45, 2.75) is 39.3 Å². The molecule has 100 valence electrons. The zero-order valence-corrected chi connectivity index (χ0v) is 11.3. The molecule has 1 aliphatic heterocycles. The van der Waals surface area contributed by atoms with Crippen LogP contribution >= 0.6 is 0 Å². The maximum atomic E-state index is 12.4. The van der Waals surface area contributed by atoms with E-state index in [1.165, 1.54) is 0 Å². The van der Waals surface area contributed by atoms with Crippen molar-refractivity contribution in [1.29, 1.82) is 0 Å². The molecule has 0 aliphatic carbocycles.